The molecule has 0 saturated heterocycles. The summed E-state index contributed by atoms with van der Waals surface area (Å²) in [5.41, 5.74) is 0. The molecule has 1 N–H and O–H groups in total. The van der Waals surface area contributed by atoms with Gasteiger partial charge in [0.1, 0.15) is 0 Å². The summed E-state index contributed by atoms with van der Waals surface area (Å²) < 4.78 is 0. The van der Waals surface area contributed by atoms with E-state index in [1.807, 2.05) is 0 Å². The summed E-state index contributed by atoms with van der Waals surface area (Å²) in [4.78, 5) is 10.4. The van der Waals surface area contributed by atoms with Crippen LogP contribution in [0.25, 0.3) is 0 Å². The third-order valence-corrected chi connectivity index (χ3v) is 1.25. The summed E-state index contributed by atoms with van der Waals surface area (Å²) in [6.07, 6.45) is 3.78. The van der Waals surface area contributed by atoms with E-state index < -0.39 is 0 Å². The van der Waals surface area contributed by atoms with Crippen molar-refractivity contribution in [2.75, 3.05) is 6.61 Å². The molecule has 0 bridgehead atoms. The van der Waals surface area contributed by atoms with E-state index in [9.17, 15) is 4.79 Å². The highest BCUT2D eigenvalue weighted by molar-refractivity contribution is 5.92. The summed E-state index contributed by atoms with van der Waals surface area (Å²) in [5, 5.41) is 8.48. The number of carbonyl (C=O) groups excluding carboxylic acids is 1. The molecule has 0 radical (unpaired) electrons. The Kier molecular flexibility index (Phi) is 1.44. The number of ketones is 1. The second kappa shape index (κ2) is 2.09. The van der Waals surface area contributed by atoms with Crippen molar-refractivity contribution in [2.24, 2.45) is 5.92 Å². The average molecular weight is 112 g/mol. The van der Waals surface area contributed by atoms with E-state index in [2.05, 4.69) is 0 Å². The molecular formula is C6H8O2. The molecule has 0 amide bonds. The van der Waals surface area contributed by atoms with E-state index in [1.165, 1.54) is 6.08 Å². The number of carbonyl (C=O) groups is 1. The van der Waals surface area contributed by atoms with Gasteiger partial charge < -0.3 is 5.11 Å². The summed E-state index contributed by atoms with van der Waals surface area (Å²) in [6.45, 7) is 0.0994. The Morgan fingerprint density at radius 3 is 2.88 bits per heavy atom. The first-order valence-corrected chi connectivity index (χ1v) is 2.65. The third kappa shape index (κ3) is 0.954. The van der Waals surface area contributed by atoms with Crippen LogP contribution < -0.4 is 0 Å². The topological polar surface area (TPSA) is 37.3 Å². The molecule has 0 spiro atoms. The monoisotopic (exact) mass is 112 g/mol. The maximum absolute atomic E-state index is 10.4. The van der Waals surface area contributed by atoms with Gasteiger partial charge in [-0.1, -0.05) is 6.08 Å². The van der Waals surface area contributed by atoms with Crippen LogP contribution in [0.4, 0.5) is 0 Å². The zero-order valence-corrected chi connectivity index (χ0v) is 4.50. The van der Waals surface area contributed by atoms with E-state index in [1.54, 1.807) is 6.08 Å². The summed E-state index contributed by atoms with van der Waals surface area (Å²) >= 11 is 0. The van der Waals surface area contributed by atoms with Crippen LogP contribution in [-0.2, 0) is 4.79 Å². The molecule has 2 nitrogen and oxygen atoms in total. The van der Waals surface area contributed by atoms with Crippen LogP contribution in [0.5, 0.6) is 0 Å². The fourth-order valence-electron chi connectivity index (χ4n) is 0.763. The molecule has 0 aromatic rings. The van der Waals surface area contributed by atoms with Gasteiger partial charge in [-0.3, -0.25) is 4.79 Å². The third-order valence-electron chi connectivity index (χ3n) is 1.25. The van der Waals surface area contributed by atoms with E-state index in [-0.39, 0.29) is 18.3 Å². The number of hydrogen-bond acceptors (Lipinski definition) is 2. The Morgan fingerprint density at radius 2 is 2.62 bits per heavy atom. The molecule has 8 heavy (non-hydrogen) atoms. The van der Waals surface area contributed by atoms with Gasteiger partial charge in [0.05, 0.1) is 0 Å². The highest BCUT2D eigenvalue weighted by atomic mass is 16.3. The van der Waals surface area contributed by atoms with Crippen molar-refractivity contribution in [2.45, 2.75) is 6.42 Å². The first-order valence-electron chi connectivity index (χ1n) is 2.65. The maximum atomic E-state index is 10.4. The maximum Gasteiger partial charge on any atom is 0.156 e. The standard InChI is InChI=1S/C6H8O2/c7-4-5-1-2-6(8)3-5/h1-2,5,7H,3-4H2/t5-/m1/s1. The Morgan fingerprint density at radius 1 is 1.88 bits per heavy atom. The van der Waals surface area contributed by atoms with Gasteiger partial charge in [-0.25, -0.2) is 0 Å². The molecule has 0 fully saturated rings. The van der Waals surface area contributed by atoms with E-state index in [4.69, 9.17) is 5.11 Å². The highest BCUT2D eigenvalue weighted by Gasteiger charge is 2.13. The fourth-order valence-corrected chi connectivity index (χ4v) is 0.763. The molecule has 0 unspecified atom stereocenters. The second-order valence-electron chi connectivity index (χ2n) is 1.97. The number of rotatable bonds is 1. The lowest BCUT2D eigenvalue weighted by atomic mass is 10.1. The van der Waals surface area contributed by atoms with E-state index in [0.717, 1.165) is 0 Å². The SMILES string of the molecule is O=C1C=C[C@@H](CO)C1. The van der Waals surface area contributed by atoms with Crippen LogP contribution in [0, 0.1) is 5.92 Å². The van der Waals surface area contributed by atoms with Gasteiger partial charge in [-0.2, -0.15) is 0 Å². The molecule has 0 aliphatic heterocycles. The molecule has 44 valence electrons. The summed E-state index contributed by atoms with van der Waals surface area (Å²) in [5.74, 6) is 0.228. The van der Waals surface area contributed by atoms with Crippen LogP contribution in [0.1, 0.15) is 6.42 Å². The van der Waals surface area contributed by atoms with Crippen LogP contribution in [0.3, 0.4) is 0 Å². The minimum absolute atomic E-state index is 0.0994. The molecule has 0 saturated carbocycles. The predicted molar refractivity (Wildman–Crippen MR) is 29.3 cm³/mol. The highest BCUT2D eigenvalue weighted by Crippen LogP contribution is 2.11. The zero-order chi connectivity index (χ0) is 5.98. The number of allylic oxidation sites excluding steroid dienone is 1. The Hall–Kier alpha value is -0.630. The smallest absolute Gasteiger partial charge is 0.156 e. The molecule has 1 aliphatic rings. The van der Waals surface area contributed by atoms with Crippen LogP contribution >= 0.6 is 0 Å². The second-order valence-corrected chi connectivity index (χ2v) is 1.97. The normalized spacial score (nSPS) is 27.1. The number of hydrogen-bond donors (Lipinski definition) is 1. The van der Waals surface area contributed by atoms with Crippen molar-refractivity contribution >= 4 is 5.78 Å². The Bertz CT molecular complexity index is 126. The van der Waals surface area contributed by atoms with Gasteiger partial charge in [-0.05, 0) is 6.08 Å². The van der Waals surface area contributed by atoms with E-state index in [0.29, 0.717) is 6.42 Å². The molecule has 2 heteroatoms. The lowest BCUT2D eigenvalue weighted by molar-refractivity contribution is -0.114. The molecular weight excluding hydrogens is 104 g/mol. The van der Waals surface area contributed by atoms with Gasteiger partial charge in [0.2, 0.25) is 0 Å². The molecule has 0 aromatic heterocycles. The van der Waals surface area contributed by atoms with Gasteiger partial charge in [0.15, 0.2) is 5.78 Å². The van der Waals surface area contributed by atoms with E-state index >= 15 is 0 Å². The first kappa shape index (κ1) is 5.51. The van der Waals surface area contributed by atoms with Crippen molar-refractivity contribution < 1.29 is 9.90 Å². The van der Waals surface area contributed by atoms with Gasteiger partial charge >= 0.3 is 0 Å². The minimum Gasteiger partial charge on any atom is -0.396 e. The van der Waals surface area contributed by atoms with Crippen LogP contribution in [0.15, 0.2) is 12.2 Å². The van der Waals surface area contributed by atoms with Gasteiger partial charge in [0.25, 0.3) is 0 Å². The quantitative estimate of drug-likeness (QED) is 0.523. The summed E-state index contributed by atoms with van der Waals surface area (Å²) in [6, 6.07) is 0. The largest absolute Gasteiger partial charge is 0.396 e. The molecule has 1 rings (SSSR count). The van der Waals surface area contributed by atoms with Crippen molar-refractivity contribution in [1.82, 2.24) is 0 Å². The van der Waals surface area contributed by atoms with Crippen molar-refractivity contribution in [1.29, 1.82) is 0 Å². The molecule has 1 aliphatic carbocycles. The van der Waals surface area contributed by atoms with Crippen molar-refractivity contribution in [3.8, 4) is 0 Å². The summed E-state index contributed by atoms with van der Waals surface area (Å²) in [7, 11) is 0. The number of aliphatic hydroxyl groups excluding tert-OH is 1. The number of aliphatic hydroxyl groups is 1. The van der Waals surface area contributed by atoms with Crippen LogP contribution in [0.2, 0.25) is 0 Å². The van der Waals surface area contributed by atoms with Gasteiger partial charge in [-0.15, -0.1) is 0 Å². The Labute approximate surface area is 47.8 Å². The van der Waals surface area contributed by atoms with Gasteiger partial charge in [0, 0.05) is 18.9 Å². The average Bonchev–Trinajstić information content (AvgIpc) is 2.14. The molecule has 0 aromatic carbocycles. The van der Waals surface area contributed by atoms with Crippen LogP contribution in [-0.4, -0.2) is 17.5 Å². The zero-order valence-electron chi connectivity index (χ0n) is 4.50. The van der Waals surface area contributed by atoms with Crippen molar-refractivity contribution in [3.63, 3.8) is 0 Å². The molecule has 0 heterocycles. The first-order chi connectivity index (χ1) is 3.83. The molecule has 1 atom stereocenters. The lowest BCUT2D eigenvalue weighted by Gasteiger charge is -1.96. The Balaban J connectivity index is 2.46. The predicted octanol–water partition coefficient (Wildman–Crippen LogP) is 0.124. The lowest BCUT2D eigenvalue weighted by Crippen LogP contribution is -2.00. The van der Waals surface area contributed by atoms with Crippen molar-refractivity contribution in [3.05, 3.63) is 12.2 Å². The minimum atomic E-state index is 0.0994. The fraction of sp³-hybridized carbons (Fsp3) is 0.500.